The van der Waals surface area contributed by atoms with Gasteiger partial charge >= 0.3 is 0 Å². The fraction of sp³-hybridized carbons (Fsp3) is 0.360. The molecule has 1 aliphatic heterocycles. The Bertz CT molecular complexity index is 1320. The molecule has 8 heteroatoms. The fourth-order valence-corrected chi connectivity index (χ4v) is 4.36. The molecule has 0 radical (unpaired) electrons. The van der Waals surface area contributed by atoms with Gasteiger partial charge in [0.2, 0.25) is 0 Å². The van der Waals surface area contributed by atoms with Crippen LogP contribution in [0.2, 0.25) is 0 Å². The Morgan fingerprint density at radius 1 is 0.818 bits per heavy atom. The molecule has 4 heterocycles. The number of aromatic nitrogens is 5. The Kier molecular flexibility index (Phi) is 5.46. The quantitative estimate of drug-likeness (QED) is 0.513. The highest BCUT2D eigenvalue weighted by Crippen LogP contribution is 2.26. The van der Waals surface area contributed by atoms with Crippen molar-refractivity contribution in [3.05, 3.63) is 59.0 Å². The van der Waals surface area contributed by atoms with E-state index < -0.39 is 0 Å². The van der Waals surface area contributed by atoms with Crippen LogP contribution in [0.25, 0.3) is 16.7 Å². The summed E-state index contributed by atoms with van der Waals surface area (Å²) in [5, 5.41) is 9.37. The van der Waals surface area contributed by atoms with Crippen LogP contribution in [0.1, 0.15) is 22.6 Å². The number of hydrogen-bond acceptors (Lipinski definition) is 7. The number of hydrogen-bond donors (Lipinski definition) is 1. The number of para-hydroxylation sites is 1. The van der Waals surface area contributed by atoms with Gasteiger partial charge in [-0.3, -0.25) is 0 Å². The van der Waals surface area contributed by atoms with Crippen LogP contribution < -0.4 is 10.2 Å². The molecule has 0 amide bonds. The molecule has 0 unspecified atom stereocenters. The zero-order valence-electron chi connectivity index (χ0n) is 19.9. The second kappa shape index (κ2) is 8.44. The molecule has 170 valence electrons. The maximum Gasteiger partial charge on any atom is 0.156 e. The molecular weight excluding hydrogens is 412 g/mol. The number of aryl methyl sites for hydroxylation is 4. The van der Waals surface area contributed by atoms with Crippen LogP contribution in [0.5, 0.6) is 0 Å². The minimum Gasteiger partial charge on any atom is -0.354 e. The number of benzene rings is 1. The summed E-state index contributed by atoms with van der Waals surface area (Å²) in [5.41, 5.74) is 4.24. The summed E-state index contributed by atoms with van der Waals surface area (Å²) in [6, 6.07) is 12.4. The first kappa shape index (κ1) is 21.3. The van der Waals surface area contributed by atoms with Crippen molar-refractivity contribution in [2.75, 3.05) is 43.4 Å². The third-order valence-corrected chi connectivity index (χ3v) is 6.19. The molecule has 3 aromatic heterocycles. The monoisotopic (exact) mass is 442 g/mol. The molecule has 1 aromatic carbocycles. The van der Waals surface area contributed by atoms with Crippen molar-refractivity contribution in [1.82, 2.24) is 29.6 Å². The Morgan fingerprint density at radius 2 is 1.61 bits per heavy atom. The fourth-order valence-electron chi connectivity index (χ4n) is 4.36. The van der Waals surface area contributed by atoms with Gasteiger partial charge in [0.1, 0.15) is 23.3 Å². The van der Waals surface area contributed by atoms with Gasteiger partial charge in [0.25, 0.3) is 0 Å². The standard InChI is InChI=1S/C25H30N8/c1-16-7-6-8-20-17(2)13-23(29-25(16)20)33-24(14-18(3)30-33)28-21-15-22(27-19(4)26-21)32-11-9-31(5)10-12-32/h6-8,13-15H,9-12H2,1-5H3,(H,26,27,28). The predicted molar refractivity (Wildman–Crippen MR) is 133 cm³/mol. The molecule has 8 nitrogen and oxygen atoms in total. The van der Waals surface area contributed by atoms with E-state index in [9.17, 15) is 0 Å². The average Bonchev–Trinajstić information content (AvgIpc) is 3.14. The maximum absolute atomic E-state index is 4.95. The maximum atomic E-state index is 4.95. The number of nitrogens with one attached hydrogen (secondary N) is 1. The topological polar surface area (TPSA) is 75.0 Å². The van der Waals surface area contributed by atoms with E-state index in [2.05, 4.69) is 70.2 Å². The van der Waals surface area contributed by atoms with Gasteiger partial charge in [-0.2, -0.15) is 9.78 Å². The minimum atomic E-state index is 0.743. The van der Waals surface area contributed by atoms with E-state index in [1.54, 1.807) is 0 Å². The zero-order valence-corrected chi connectivity index (χ0v) is 19.9. The first-order chi connectivity index (χ1) is 15.9. The molecule has 0 saturated carbocycles. The van der Waals surface area contributed by atoms with E-state index in [0.29, 0.717) is 0 Å². The largest absolute Gasteiger partial charge is 0.354 e. The number of rotatable bonds is 4. The van der Waals surface area contributed by atoms with Gasteiger partial charge in [0, 0.05) is 43.7 Å². The van der Waals surface area contributed by atoms with Crippen molar-refractivity contribution in [3.8, 4) is 5.82 Å². The summed E-state index contributed by atoms with van der Waals surface area (Å²) in [5.74, 6) is 4.07. The molecule has 1 aliphatic rings. The lowest BCUT2D eigenvalue weighted by Gasteiger charge is -2.33. The molecule has 1 fully saturated rings. The first-order valence-electron chi connectivity index (χ1n) is 11.4. The Labute approximate surface area is 194 Å². The smallest absolute Gasteiger partial charge is 0.156 e. The molecular formula is C25H30N8. The lowest BCUT2D eigenvalue weighted by molar-refractivity contribution is 0.312. The van der Waals surface area contributed by atoms with E-state index in [1.165, 1.54) is 10.9 Å². The van der Waals surface area contributed by atoms with Gasteiger partial charge in [-0.25, -0.2) is 15.0 Å². The minimum absolute atomic E-state index is 0.743. The lowest BCUT2D eigenvalue weighted by atomic mass is 10.1. The molecule has 4 aromatic rings. The molecule has 0 bridgehead atoms. The Hall–Kier alpha value is -3.52. The molecule has 1 saturated heterocycles. The number of pyridine rings is 1. The van der Waals surface area contributed by atoms with Crippen LogP contribution in [0.3, 0.4) is 0 Å². The molecule has 5 rings (SSSR count). The molecule has 33 heavy (non-hydrogen) atoms. The summed E-state index contributed by atoms with van der Waals surface area (Å²) in [6.45, 7) is 12.1. The highest BCUT2D eigenvalue weighted by Gasteiger charge is 2.18. The van der Waals surface area contributed by atoms with Crippen molar-refractivity contribution in [1.29, 1.82) is 0 Å². The van der Waals surface area contributed by atoms with Gasteiger partial charge in [0.15, 0.2) is 5.82 Å². The first-order valence-corrected chi connectivity index (χ1v) is 11.4. The van der Waals surface area contributed by atoms with E-state index in [0.717, 1.165) is 72.0 Å². The van der Waals surface area contributed by atoms with E-state index >= 15 is 0 Å². The predicted octanol–water partition coefficient (Wildman–Crippen LogP) is 3.94. The third kappa shape index (κ3) is 4.26. The second-order valence-corrected chi connectivity index (χ2v) is 8.93. The summed E-state index contributed by atoms with van der Waals surface area (Å²) >= 11 is 0. The summed E-state index contributed by atoms with van der Waals surface area (Å²) in [7, 11) is 2.16. The van der Waals surface area contributed by atoms with Crippen molar-refractivity contribution in [2.45, 2.75) is 27.7 Å². The van der Waals surface area contributed by atoms with E-state index in [4.69, 9.17) is 10.1 Å². The zero-order chi connectivity index (χ0) is 23.1. The van der Waals surface area contributed by atoms with Crippen LogP contribution in [-0.4, -0.2) is 62.9 Å². The van der Waals surface area contributed by atoms with Gasteiger partial charge < -0.3 is 15.1 Å². The second-order valence-electron chi connectivity index (χ2n) is 8.93. The van der Waals surface area contributed by atoms with Crippen molar-refractivity contribution >= 4 is 28.4 Å². The third-order valence-electron chi connectivity index (χ3n) is 6.19. The van der Waals surface area contributed by atoms with E-state index in [-0.39, 0.29) is 0 Å². The number of piperazine rings is 1. The number of fused-ring (bicyclic) bond motifs is 1. The average molecular weight is 443 g/mol. The molecule has 0 spiro atoms. The summed E-state index contributed by atoms with van der Waals surface area (Å²) in [4.78, 5) is 18.9. The van der Waals surface area contributed by atoms with Gasteiger partial charge in [-0.1, -0.05) is 18.2 Å². The highest BCUT2D eigenvalue weighted by atomic mass is 15.4. The Morgan fingerprint density at radius 3 is 2.39 bits per heavy atom. The van der Waals surface area contributed by atoms with Gasteiger partial charge in [-0.05, 0) is 51.9 Å². The normalized spacial score (nSPS) is 14.8. The number of nitrogens with zero attached hydrogens (tertiary/aromatic N) is 7. The van der Waals surface area contributed by atoms with Crippen LogP contribution in [-0.2, 0) is 0 Å². The Balaban J connectivity index is 1.51. The van der Waals surface area contributed by atoms with Crippen molar-refractivity contribution in [3.63, 3.8) is 0 Å². The van der Waals surface area contributed by atoms with Crippen molar-refractivity contribution < 1.29 is 0 Å². The van der Waals surface area contributed by atoms with Gasteiger partial charge in [-0.15, -0.1) is 0 Å². The molecule has 1 N–H and O–H groups in total. The number of likely N-dealkylation sites (N-methyl/N-ethyl adjacent to an activating group) is 1. The van der Waals surface area contributed by atoms with Crippen LogP contribution >= 0.6 is 0 Å². The van der Waals surface area contributed by atoms with E-state index in [1.807, 2.05) is 30.7 Å². The lowest BCUT2D eigenvalue weighted by Crippen LogP contribution is -2.44. The SMILES string of the molecule is Cc1cc(Nc2cc(N3CCN(C)CC3)nc(C)n2)n(-c2cc(C)c3cccc(C)c3n2)n1. The highest BCUT2D eigenvalue weighted by molar-refractivity contribution is 5.85. The number of anilines is 3. The van der Waals surface area contributed by atoms with Gasteiger partial charge in [0.05, 0.1) is 11.2 Å². The van der Waals surface area contributed by atoms with Crippen molar-refractivity contribution in [2.24, 2.45) is 0 Å². The van der Waals surface area contributed by atoms with Crippen LogP contribution in [0, 0.1) is 27.7 Å². The molecule has 0 atom stereocenters. The molecule has 0 aliphatic carbocycles. The van der Waals surface area contributed by atoms with Crippen LogP contribution in [0.4, 0.5) is 17.5 Å². The summed E-state index contributed by atoms with van der Waals surface area (Å²) < 4.78 is 1.86. The summed E-state index contributed by atoms with van der Waals surface area (Å²) in [6.07, 6.45) is 0. The van der Waals surface area contributed by atoms with Crippen LogP contribution in [0.15, 0.2) is 36.4 Å².